The van der Waals surface area contributed by atoms with Crippen LogP contribution in [0.1, 0.15) is 45.2 Å². The third-order valence-corrected chi connectivity index (χ3v) is 3.65. The van der Waals surface area contributed by atoms with Crippen LogP contribution in [-0.4, -0.2) is 34.3 Å². The molecule has 21 heavy (non-hydrogen) atoms. The second-order valence-electron chi connectivity index (χ2n) is 6.38. The van der Waals surface area contributed by atoms with Crippen molar-refractivity contribution in [1.82, 2.24) is 4.90 Å². The number of nitrogens with zero attached hydrogens (tertiary/aromatic N) is 1. The fourth-order valence-electron chi connectivity index (χ4n) is 2.59. The Morgan fingerprint density at radius 2 is 2.14 bits per heavy atom. The first-order valence-corrected chi connectivity index (χ1v) is 7.59. The minimum Gasteiger partial charge on any atom is -0.444 e. The van der Waals surface area contributed by atoms with Gasteiger partial charge in [-0.3, -0.25) is 4.90 Å². The number of rotatable bonds is 1. The summed E-state index contributed by atoms with van der Waals surface area (Å²) in [5.74, 6) is 0. The van der Waals surface area contributed by atoms with Crippen LogP contribution in [0.4, 0.5) is 4.79 Å². The first-order chi connectivity index (χ1) is 9.78. The molecular formula is C16H22ClNO3. The van der Waals surface area contributed by atoms with E-state index in [0.717, 1.165) is 12.0 Å². The molecule has 0 aromatic heterocycles. The van der Waals surface area contributed by atoms with Gasteiger partial charge >= 0.3 is 6.09 Å². The van der Waals surface area contributed by atoms with Gasteiger partial charge in [-0.1, -0.05) is 23.7 Å². The Labute approximate surface area is 130 Å². The van der Waals surface area contributed by atoms with Crippen molar-refractivity contribution in [3.05, 3.63) is 34.9 Å². The summed E-state index contributed by atoms with van der Waals surface area (Å²) in [6, 6.07) is 6.86. The zero-order valence-corrected chi connectivity index (χ0v) is 13.4. The molecule has 2 atom stereocenters. The monoisotopic (exact) mass is 311 g/mol. The Bertz CT molecular complexity index is 512. The van der Waals surface area contributed by atoms with E-state index in [1.54, 1.807) is 17.0 Å². The van der Waals surface area contributed by atoms with E-state index in [1.807, 2.05) is 32.9 Å². The Kier molecular flexibility index (Phi) is 4.79. The number of likely N-dealkylation sites (tertiary alicyclic amines) is 1. The summed E-state index contributed by atoms with van der Waals surface area (Å²) in [4.78, 5) is 14.0. The van der Waals surface area contributed by atoms with E-state index in [9.17, 15) is 9.90 Å². The van der Waals surface area contributed by atoms with Gasteiger partial charge in [-0.15, -0.1) is 0 Å². The van der Waals surface area contributed by atoms with Crippen LogP contribution >= 0.6 is 11.6 Å². The maximum Gasteiger partial charge on any atom is 0.410 e. The molecule has 1 fully saturated rings. The van der Waals surface area contributed by atoms with Crippen LogP contribution in [0.15, 0.2) is 24.3 Å². The molecule has 0 radical (unpaired) electrons. The molecule has 1 aliphatic rings. The van der Waals surface area contributed by atoms with Gasteiger partial charge in [-0.25, -0.2) is 4.79 Å². The molecule has 1 heterocycles. The van der Waals surface area contributed by atoms with Crippen molar-refractivity contribution in [3.8, 4) is 0 Å². The maximum absolute atomic E-state index is 12.4. The minimum absolute atomic E-state index is 0.397. The topological polar surface area (TPSA) is 49.8 Å². The van der Waals surface area contributed by atoms with Crippen molar-refractivity contribution >= 4 is 17.7 Å². The van der Waals surface area contributed by atoms with Gasteiger partial charge in [0.05, 0.1) is 12.1 Å². The normalized spacial score (nSPS) is 23.0. The van der Waals surface area contributed by atoms with E-state index in [2.05, 4.69) is 0 Å². The van der Waals surface area contributed by atoms with Gasteiger partial charge in [0, 0.05) is 11.6 Å². The van der Waals surface area contributed by atoms with Crippen LogP contribution in [-0.2, 0) is 4.74 Å². The molecular weight excluding hydrogens is 290 g/mol. The highest BCUT2D eigenvalue weighted by Crippen LogP contribution is 2.33. The molecule has 0 saturated carbocycles. The first kappa shape index (κ1) is 16.1. The number of hydrogen-bond donors (Lipinski definition) is 1. The van der Waals surface area contributed by atoms with Crippen molar-refractivity contribution in [2.45, 2.75) is 51.4 Å². The van der Waals surface area contributed by atoms with E-state index in [4.69, 9.17) is 16.3 Å². The molecule has 0 unspecified atom stereocenters. The van der Waals surface area contributed by atoms with E-state index < -0.39 is 23.8 Å². The molecule has 1 aromatic rings. The van der Waals surface area contributed by atoms with Crippen molar-refractivity contribution in [1.29, 1.82) is 0 Å². The highest BCUT2D eigenvalue weighted by molar-refractivity contribution is 6.30. The zero-order chi connectivity index (χ0) is 15.6. The number of carbonyl (C=O) groups excluding carboxylic acids is 1. The Balaban J connectivity index is 2.27. The summed E-state index contributed by atoms with van der Waals surface area (Å²) >= 11 is 6.03. The fourth-order valence-corrected chi connectivity index (χ4v) is 2.79. The molecule has 1 saturated heterocycles. The van der Waals surface area contributed by atoms with Crippen LogP contribution in [0.3, 0.4) is 0 Å². The summed E-state index contributed by atoms with van der Waals surface area (Å²) in [5.41, 5.74) is 0.277. The SMILES string of the molecule is CC(C)(C)OC(=O)N1CCC[C@@H](O)[C@H]1c1cccc(Cl)c1. The van der Waals surface area contributed by atoms with Gasteiger partial charge in [0.2, 0.25) is 0 Å². The lowest BCUT2D eigenvalue weighted by molar-refractivity contribution is -0.0239. The third kappa shape index (κ3) is 4.11. The van der Waals surface area contributed by atoms with Crippen molar-refractivity contribution in [2.75, 3.05) is 6.54 Å². The van der Waals surface area contributed by atoms with E-state index in [0.29, 0.717) is 18.0 Å². The Morgan fingerprint density at radius 1 is 1.43 bits per heavy atom. The van der Waals surface area contributed by atoms with Crippen LogP contribution in [0.2, 0.25) is 5.02 Å². The van der Waals surface area contributed by atoms with Crippen molar-refractivity contribution in [3.63, 3.8) is 0 Å². The van der Waals surface area contributed by atoms with Crippen molar-refractivity contribution < 1.29 is 14.6 Å². The van der Waals surface area contributed by atoms with Gasteiger partial charge in [-0.2, -0.15) is 0 Å². The molecule has 0 aliphatic carbocycles. The van der Waals surface area contributed by atoms with Crippen LogP contribution in [0, 0.1) is 0 Å². The molecule has 0 bridgehead atoms. The third-order valence-electron chi connectivity index (χ3n) is 3.42. The number of carbonyl (C=O) groups is 1. The Hall–Kier alpha value is -1.26. The van der Waals surface area contributed by atoms with Crippen molar-refractivity contribution in [2.24, 2.45) is 0 Å². The minimum atomic E-state index is -0.607. The fraction of sp³-hybridized carbons (Fsp3) is 0.562. The van der Waals surface area contributed by atoms with Crippen LogP contribution in [0.25, 0.3) is 0 Å². The molecule has 5 heteroatoms. The number of ether oxygens (including phenoxy) is 1. The number of aliphatic hydroxyl groups is 1. The summed E-state index contributed by atoms with van der Waals surface area (Å²) in [6.07, 6.45) is 0.421. The molecule has 116 valence electrons. The summed E-state index contributed by atoms with van der Waals surface area (Å²) < 4.78 is 5.45. The summed E-state index contributed by atoms with van der Waals surface area (Å²) in [6.45, 7) is 6.07. The number of hydrogen-bond acceptors (Lipinski definition) is 3. The quantitative estimate of drug-likeness (QED) is 0.859. The number of piperidine rings is 1. The average Bonchev–Trinajstić information content (AvgIpc) is 2.36. The molecule has 1 N–H and O–H groups in total. The first-order valence-electron chi connectivity index (χ1n) is 7.21. The lowest BCUT2D eigenvalue weighted by atomic mass is 9.93. The molecule has 2 rings (SSSR count). The number of halogens is 1. The summed E-state index contributed by atoms with van der Waals surface area (Å²) in [7, 11) is 0. The standard InChI is InChI=1S/C16H22ClNO3/c1-16(2,3)21-15(20)18-9-5-8-13(19)14(18)11-6-4-7-12(17)10-11/h4,6-7,10,13-14,19H,5,8-9H2,1-3H3/t13-,14-/m1/s1. The van der Waals surface area contributed by atoms with E-state index in [1.165, 1.54) is 0 Å². The second-order valence-corrected chi connectivity index (χ2v) is 6.82. The highest BCUT2D eigenvalue weighted by Gasteiger charge is 2.36. The molecule has 1 aromatic carbocycles. The van der Waals surface area contributed by atoms with Gasteiger partial charge in [0.15, 0.2) is 0 Å². The van der Waals surface area contributed by atoms with Gasteiger partial charge < -0.3 is 9.84 Å². The largest absolute Gasteiger partial charge is 0.444 e. The molecule has 1 amide bonds. The lowest BCUT2D eigenvalue weighted by Crippen LogP contribution is -2.47. The van der Waals surface area contributed by atoms with E-state index >= 15 is 0 Å². The van der Waals surface area contributed by atoms with Gasteiger partial charge in [-0.05, 0) is 51.3 Å². The van der Waals surface area contributed by atoms with Crippen LogP contribution < -0.4 is 0 Å². The molecule has 1 aliphatic heterocycles. The lowest BCUT2D eigenvalue weighted by Gasteiger charge is -2.39. The zero-order valence-electron chi connectivity index (χ0n) is 12.7. The summed E-state index contributed by atoms with van der Waals surface area (Å²) in [5, 5.41) is 10.9. The van der Waals surface area contributed by atoms with Gasteiger partial charge in [0.25, 0.3) is 0 Å². The van der Waals surface area contributed by atoms with Gasteiger partial charge in [0.1, 0.15) is 5.60 Å². The average molecular weight is 312 g/mol. The number of amides is 1. The number of aliphatic hydroxyl groups excluding tert-OH is 1. The predicted octanol–water partition coefficient (Wildman–Crippen LogP) is 3.77. The number of benzene rings is 1. The molecule has 0 spiro atoms. The maximum atomic E-state index is 12.4. The van der Waals surface area contributed by atoms with E-state index in [-0.39, 0.29) is 0 Å². The smallest absolute Gasteiger partial charge is 0.410 e. The molecule has 4 nitrogen and oxygen atoms in total. The predicted molar refractivity (Wildman–Crippen MR) is 82.4 cm³/mol. The highest BCUT2D eigenvalue weighted by atomic mass is 35.5. The second kappa shape index (κ2) is 6.24. The van der Waals surface area contributed by atoms with Crippen LogP contribution in [0.5, 0.6) is 0 Å². The Morgan fingerprint density at radius 3 is 2.76 bits per heavy atom.